The van der Waals surface area contributed by atoms with Gasteiger partial charge < -0.3 is 9.15 Å². The van der Waals surface area contributed by atoms with Gasteiger partial charge in [-0.05, 0) is 39.0 Å². The van der Waals surface area contributed by atoms with E-state index in [9.17, 15) is 9.18 Å². The van der Waals surface area contributed by atoms with Gasteiger partial charge in [0.1, 0.15) is 17.3 Å². The Balaban J connectivity index is 2.17. The number of ether oxygens (including phenoxy) is 1. The van der Waals surface area contributed by atoms with Crippen molar-refractivity contribution in [3.63, 3.8) is 0 Å². The van der Waals surface area contributed by atoms with Gasteiger partial charge in [0, 0.05) is 0 Å². The van der Waals surface area contributed by atoms with Crippen molar-refractivity contribution in [2.75, 3.05) is 0 Å². The molecule has 1 aromatic carbocycles. The van der Waals surface area contributed by atoms with E-state index in [1.165, 1.54) is 19.1 Å². The van der Waals surface area contributed by atoms with Gasteiger partial charge in [0.05, 0.1) is 11.3 Å². The topological polar surface area (TPSA) is 52.3 Å². The Bertz CT molecular complexity index is 600. The molecule has 4 nitrogen and oxygen atoms in total. The standard InChI is InChI=1S/C14H14FNO3/c1-8-10(3)19-14(16-8)7-18-13-5-4-11(15)6-12(13)9(2)17/h4-6H,7H2,1-3H3. The lowest BCUT2D eigenvalue weighted by molar-refractivity contribution is 0.101. The molecule has 5 heteroatoms. The monoisotopic (exact) mass is 263 g/mol. The molecule has 0 aliphatic carbocycles. The second-order valence-electron chi connectivity index (χ2n) is 4.23. The quantitative estimate of drug-likeness (QED) is 0.795. The lowest BCUT2D eigenvalue weighted by Gasteiger charge is -2.07. The highest BCUT2D eigenvalue weighted by molar-refractivity contribution is 5.96. The average Bonchev–Trinajstić information content (AvgIpc) is 2.67. The van der Waals surface area contributed by atoms with Crippen LogP contribution < -0.4 is 4.74 Å². The predicted molar refractivity (Wildman–Crippen MR) is 66.7 cm³/mol. The summed E-state index contributed by atoms with van der Waals surface area (Å²) in [5.41, 5.74) is 1.00. The maximum Gasteiger partial charge on any atom is 0.232 e. The summed E-state index contributed by atoms with van der Waals surface area (Å²) < 4.78 is 23.9. The minimum atomic E-state index is -0.472. The highest BCUT2D eigenvalue weighted by Gasteiger charge is 2.12. The Hall–Kier alpha value is -2.17. The second kappa shape index (κ2) is 5.22. The number of aryl methyl sites for hydroxylation is 2. The van der Waals surface area contributed by atoms with Crippen LogP contribution in [0.25, 0.3) is 0 Å². The van der Waals surface area contributed by atoms with E-state index in [-0.39, 0.29) is 18.0 Å². The van der Waals surface area contributed by atoms with Gasteiger partial charge in [-0.3, -0.25) is 4.79 Å². The summed E-state index contributed by atoms with van der Waals surface area (Å²) >= 11 is 0. The van der Waals surface area contributed by atoms with Crippen LogP contribution >= 0.6 is 0 Å². The number of oxazole rings is 1. The van der Waals surface area contributed by atoms with Gasteiger partial charge in [0.25, 0.3) is 0 Å². The maximum absolute atomic E-state index is 13.1. The van der Waals surface area contributed by atoms with E-state index in [0.29, 0.717) is 11.6 Å². The van der Waals surface area contributed by atoms with Crippen molar-refractivity contribution in [2.45, 2.75) is 27.4 Å². The molecule has 0 bridgehead atoms. The van der Waals surface area contributed by atoms with Gasteiger partial charge in [-0.2, -0.15) is 0 Å². The SMILES string of the molecule is CC(=O)c1cc(F)ccc1OCc1nc(C)c(C)o1. The van der Waals surface area contributed by atoms with Crippen LogP contribution in [-0.2, 0) is 6.61 Å². The van der Waals surface area contributed by atoms with Crippen LogP contribution in [-0.4, -0.2) is 10.8 Å². The number of hydrogen-bond acceptors (Lipinski definition) is 4. The third-order valence-corrected chi connectivity index (χ3v) is 2.74. The first-order valence-corrected chi connectivity index (χ1v) is 5.83. The predicted octanol–water partition coefficient (Wildman–Crippen LogP) is 3.21. The fraction of sp³-hybridized carbons (Fsp3) is 0.286. The number of carbonyl (C=O) groups excluding carboxylic acids is 1. The number of hydrogen-bond donors (Lipinski definition) is 0. The normalized spacial score (nSPS) is 10.5. The molecule has 0 aliphatic heterocycles. The summed E-state index contributed by atoms with van der Waals surface area (Å²) in [6.07, 6.45) is 0. The highest BCUT2D eigenvalue weighted by atomic mass is 19.1. The Morgan fingerprint density at radius 3 is 2.74 bits per heavy atom. The molecule has 0 unspecified atom stereocenters. The molecule has 0 saturated heterocycles. The Morgan fingerprint density at radius 2 is 2.16 bits per heavy atom. The minimum Gasteiger partial charge on any atom is -0.483 e. The number of aromatic nitrogens is 1. The van der Waals surface area contributed by atoms with Crippen molar-refractivity contribution in [1.82, 2.24) is 4.98 Å². The molecule has 2 aromatic rings. The van der Waals surface area contributed by atoms with Gasteiger partial charge in [-0.25, -0.2) is 9.37 Å². The maximum atomic E-state index is 13.1. The van der Waals surface area contributed by atoms with Crippen molar-refractivity contribution in [3.8, 4) is 5.75 Å². The van der Waals surface area contributed by atoms with Gasteiger partial charge >= 0.3 is 0 Å². The fourth-order valence-corrected chi connectivity index (χ4v) is 1.64. The largest absolute Gasteiger partial charge is 0.483 e. The van der Waals surface area contributed by atoms with E-state index in [4.69, 9.17) is 9.15 Å². The summed E-state index contributed by atoms with van der Waals surface area (Å²) in [6.45, 7) is 5.10. The number of halogens is 1. The van der Waals surface area contributed by atoms with Gasteiger partial charge in [-0.1, -0.05) is 0 Å². The number of nitrogens with zero attached hydrogens (tertiary/aromatic N) is 1. The fourth-order valence-electron chi connectivity index (χ4n) is 1.64. The molecule has 0 radical (unpaired) electrons. The Morgan fingerprint density at radius 1 is 1.42 bits per heavy atom. The van der Waals surface area contributed by atoms with Crippen molar-refractivity contribution in [1.29, 1.82) is 0 Å². The van der Waals surface area contributed by atoms with Crippen LogP contribution in [0.5, 0.6) is 5.75 Å². The zero-order chi connectivity index (χ0) is 14.0. The van der Waals surface area contributed by atoms with Crippen LogP contribution in [0.3, 0.4) is 0 Å². The second-order valence-corrected chi connectivity index (χ2v) is 4.23. The third-order valence-electron chi connectivity index (χ3n) is 2.74. The molecule has 2 rings (SSSR count). The number of benzene rings is 1. The van der Waals surface area contributed by atoms with Crippen molar-refractivity contribution < 1.29 is 18.3 Å². The van der Waals surface area contributed by atoms with Gasteiger partial charge in [0.2, 0.25) is 5.89 Å². The molecule has 0 amide bonds. The Kier molecular flexibility index (Phi) is 3.64. The lowest BCUT2D eigenvalue weighted by Crippen LogP contribution is -2.02. The number of rotatable bonds is 4. The van der Waals surface area contributed by atoms with Gasteiger partial charge in [0.15, 0.2) is 12.4 Å². The molecule has 1 heterocycles. The molecule has 0 aliphatic rings. The minimum absolute atomic E-state index is 0.0978. The summed E-state index contributed by atoms with van der Waals surface area (Å²) in [5, 5.41) is 0. The zero-order valence-corrected chi connectivity index (χ0v) is 11.0. The molecule has 0 saturated carbocycles. The molecule has 0 atom stereocenters. The molecule has 100 valence electrons. The van der Waals surface area contributed by atoms with Crippen LogP contribution in [0, 0.1) is 19.7 Å². The van der Waals surface area contributed by atoms with E-state index in [1.54, 1.807) is 0 Å². The molecular formula is C14H14FNO3. The molecule has 0 fully saturated rings. The van der Waals surface area contributed by atoms with Crippen LogP contribution in [0.4, 0.5) is 4.39 Å². The lowest BCUT2D eigenvalue weighted by atomic mass is 10.1. The zero-order valence-electron chi connectivity index (χ0n) is 11.0. The number of Topliss-reactive ketones (excluding diaryl/α,β-unsaturated/α-hetero) is 1. The van der Waals surface area contributed by atoms with Crippen LogP contribution in [0.15, 0.2) is 22.6 Å². The van der Waals surface area contributed by atoms with E-state index in [0.717, 1.165) is 17.5 Å². The van der Waals surface area contributed by atoms with Crippen LogP contribution in [0.2, 0.25) is 0 Å². The first-order valence-electron chi connectivity index (χ1n) is 5.83. The number of carbonyl (C=O) groups is 1. The van der Waals surface area contributed by atoms with Gasteiger partial charge in [-0.15, -0.1) is 0 Å². The van der Waals surface area contributed by atoms with E-state index in [2.05, 4.69) is 4.98 Å². The van der Waals surface area contributed by atoms with Crippen molar-refractivity contribution in [3.05, 3.63) is 46.9 Å². The molecule has 1 aromatic heterocycles. The summed E-state index contributed by atoms with van der Waals surface area (Å²) in [7, 11) is 0. The average molecular weight is 263 g/mol. The molecule has 0 spiro atoms. The first kappa shape index (κ1) is 13.3. The summed E-state index contributed by atoms with van der Waals surface area (Å²) in [4.78, 5) is 15.6. The molecular weight excluding hydrogens is 249 g/mol. The third kappa shape index (κ3) is 2.99. The van der Waals surface area contributed by atoms with E-state index in [1.807, 2.05) is 13.8 Å². The summed E-state index contributed by atoms with van der Waals surface area (Å²) in [6, 6.07) is 3.83. The molecule has 0 N–H and O–H groups in total. The number of ketones is 1. The summed E-state index contributed by atoms with van der Waals surface area (Å²) in [5.74, 6) is 0.746. The van der Waals surface area contributed by atoms with Crippen molar-refractivity contribution >= 4 is 5.78 Å². The first-order chi connectivity index (χ1) is 8.97. The van der Waals surface area contributed by atoms with E-state index < -0.39 is 5.82 Å². The smallest absolute Gasteiger partial charge is 0.232 e. The Labute approximate surface area is 110 Å². The van der Waals surface area contributed by atoms with Crippen molar-refractivity contribution in [2.24, 2.45) is 0 Å². The van der Waals surface area contributed by atoms with Crippen LogP contribution in [0.1, 0.15) is 34.6 Å². The van der Waals surface area contributed by atoms with E-state index >= 15 is 0 Å². The highest BCUT2D eigenvalue weighted by Crippen LogP contribution is 2.21. The molecule has 19 heavy (non-hydrogen) atoms.